The molecule has 0 aliphatic carbocycles. The third-order valence-corrected chi connectivity index (χ3v) is 4.63. The average molecular weight is 440 g/mol. The van der Waals surface area contributed by atoms with Crippen molar-refractivity contribution in [1.29, 1.82) is 0 Å². The number of nitrogens with zero attached hydrogens (tertiary/aromatic N) is 1. The maximum atomic E-state index is 13.1. The summed E-state index contributed by atoms with van der Waals surface area (Å²) >= 11 is 3.41. The minimum atomic E-state index is -0.326. The van der Waals surface area contributed by atoms with E-state index in [2.05, 4.69) is 31.5 Å². The summed E-state index contributed by atoms with van der Waals surface area (Å²) in [6.45, 7) is 0.372. The van der Waals surface area contributed by atoms with Crippen LogP contribution in [0.5, 0.6) is 0 Å². The third-order valence-electron chi connectivity index (χ3n) is 4.13. The second-order valence-electron chi connectivity index (χ2n) is 6.13. The van der Waals surface area contributed by atoms with Gasteiger partial charge in [-0.2, -0.15) is 0 Å². The fourth-order valence-corrected chi connectivity index (χ4v) is 3.21. The highest BCUT2D eigenvalue weighted by atomic mass is 79.9. The van der Waals surface area contributed by atoms with Crippen molar-refractivity contribution >= 4 is 44.3 Å². The Morgan fingerprint density at radius 2 is 1.93 bits per heavy atom. The van der Waals surface area contributed by atoms with Crippen LogP contribution in [0.1, 0.15) is 16.1 Å². The van der Waals surface area contributed by atoms with Gasteiger partial charge >= 0.3 is 0 Å². The Kier molecular flexibility index (Phi) is 5.08. The van der Waals surface area contributed by atoms with Gasteiger partial charge in [-0.25, -0.2) is 9.37 Å². The lowest BCUT2D eigenvalue weighted by Gasteiger charge is -2.10. The van der Waals surface area contributed by atoms with Gasteiger partial charge in [0.05, 0.1) is 11.6 Å². The maximum absolute atomic E-state index is 13.1. The molecule has 0 spiro atoms. The fraction of sp³-hybridized carbons (Fsp3) is 0.0476. The molecule has 0 fully saturated rings. The highest BCUT2D eigenvalue weighted by molar-refractivity contribution is 9.10. The van der Waals surface area contributed by atoms with Crippen molar-refractivity contribution in [3.05, 3.63) is 88.5 Å². The molecule has 2 aromatic heterocycles. The fourth-order valence-electron chi connectivity index (χ4n) is 2.77. The van der Waals surface area contributed by atoms with Crippen LogP contribution >= 0.6 is 15.9 Å². The summed E-state index contributed by atoms with van der Waals surface area (Å²) < 4.78 is 19.5. The molecule has 2 heterocycles. The van der Waals surface area contributed by atoms with Crippen LogP contribution in [0.4, 0.5) is 15.9 Å². The highest BCUT2D eigenvalue weighted by Gasteiger charge is 2.14. The van der Waals surface area contributed by atoms with E-state index in [1.807, 2.05) is 24.3 Å². The largest absolute Gasteiger partial charge is 0.464 e. The summed E-state index contributed by atoms with van der Waals surface area (Å²) in [6.07, 6.45) is 1.53. The van der Waals surface area contributed by atoms with E-state index in [-0.39, 0.29) is 17.4 Å². The summed E-state index contributed by atoms with van der Waals surface area (Å²) in [5, 5.41) is 6.70. The normalized spacial score (nSPS) is 10.8. The summed E-state index contributed by atoms with van der Waals surface area (Å²) in [5.41, 5.74) is 2.38. The molecule has 0 aliphatic rings. The summed E-state index contributed by atoms with van der Waals surface area (Å²) in [6, 6.07) is 17.0. The van der Waals surface area contributed by atoms with E-state index >= 15 is 0 Å². The lowest BCUT2D eigenvalue weighted by atomic mass is 10.2. The number of fused-ring (bicyclic) bond motifs is 1. The maximum Gasteiger partial charge on any atom is 0.270 e. The molecule has 0 unspecified atom stereocenters. The molecule has 5 nitrogen and oxygen atoms in total. The highest BCUT2D eigenvalue weighted by Crippen LogP contribution is 2.26. The SMILES string of the molecule is O=C(NCc1cccc(Br)c1)c1cc2occc2c(Nc2ccc(F)cc2)n1. The topological polar surface area (TPSA) is 67.2 Å². The lowest BCUT2D eigenvalue weighted by molar-refractivity contribution is 0.0946. The number of hydrogen-bond donors (Lipinski definition) is 2. The Morgan fingerprint density at radius 3 is 2.71 bits per heavy atom. The minimum absolute atomic E-state index is 0.224. The molecule has 140 valence electrons. The number of halogens is 2. The molecule has 1 amide bonds. The molecule has 0 radical (unpaired) electrons. The predicted molar refractivity (Wildman–Crippen MR) is 109 cm³/mol. The van der Waals surface area contributed by atoms with Gasteiger partial charge in [-0.1, -0.05) is 28.1 Å². The van der Waals surface area contributed by atoms with Gasteiger partial charge in [0.2, 0.25) is 0 Å². The number of benzene rings is 2. The smallest absolute Gasteiger partial charge is 0.270 e. The number of carbonyl (C=O) groups is 1. The Labute approximate surface area is 168 Å². The first-order valence-electron chi connectivity index (χ1n) is 8.52. The van der Waals surface area contributed by atoms with Crippen LogP contribution in [0.15, 0.2) is 75.8 Å². The molecule has 0 saturated heterocycles. The van der Waals surface area contributed by atoms with Crippen LogP contribution in [0.25, 0.3) is 11.0 Å². The van der Waals surface area contributed by atoms with Gasteiger partial charge in [-0.05, 0) is 48.0 Å². The van der Waals surface area contributed by atoms with E-state index in [1.54, 1.807) is 24.3 Å². The van der Waals surface area contributed by atoms with E-state index in [4.69, 9.17) is 4.42 Å². The third kappa shape index (κ3) is 4.04. The number of pyridine rings is 1. The lowest BCUT2D eigenvalue weighted by Crippen LogP contribution is -2.24. The van der Waals surface area contributed by atoms with Crippen LogP contribution in [0.2, 0.25) is 0 Å². The van der Waals surface area contributed by atoms with Crippen molar-refractivity contribution < 1.29 is 13.6 Å². The van der Waals surface area contributed by atoms with E-state index in [0.29, 0.717) is 23.6 Å². The molecule has 4 aromatic rings. The van der Waals surface area contributed by atoms with Gasteiger partial charge in [0.15, 0.2) is 0 Å². The molecule has 7 heteroatoms. The van der Waals surface area contributed by atoms with E-state index in [0.717, 1.165) is 15.4 Å². The number of nitrogens with one attached hydrogen (secondary N) is 2. The van der Waals surface area contributed by atoms with Gasteiger partial charge in [0.1, 0.15) is 22.9 Å². The first-order chi connectivity index (χ1) is 13.6. The monoisotopic (exact) mass is 439 g/mol. The zero-order valence-corrected chi connectivity index (χ0v) is 16.2. The zero-order valence-electron chi connectivity index (χ0n) is 14.6. The van der Waals surface area contributed by atoms with Gasteiger partial charge in [0, 0.05) is 22.8 Å². The van der Waals surface area contributed by atoms with Crippen LogP contribution in [0.3, 0.4) is 0 Å². The number of anilines is 2. The standard InChI is InChI=1S/C21H15BrFN3O2/c22-14-3-1-2-13(10-14)12-24-21(27)18-11-19-17(8-9-28-19)20(26-18)25-16-6-4-15(23)5-7-16/h1-11H,12H2,(H,24,27)(H,25,26). The van der Waals surface area contributed by atoms with Gasteiger partial charge in [0.25, 0.3) is 5.91 Å². The van der Waals surface area contributed by atoms with Crippen molar-refractivity contribution in [2.45, 2.75) is 6.54 Å². The number of furan rings is 1. The minimum Gasteiger partial charge on any atom is -0.464 e. The van der Waals surface area contributed by atoms with Crippen molar-refractivity contribution in [3.63, 3.8) is 0 Å². The van der Waals surface area contributed by atoms with Crippen molar-refractivity contribution in [1.82, 2.24) is 10.3 Å². The average Bonchev–Trinajstić information content (AvgIpc) is 3.17. The van der Waals surface area contributed by atoms with Crippen LogP contribution in [-0.4, -0.2) is 10.9 Å². The summed E-state index contributed by atoms with van der Waals surface area (Å²) in [4.78, 5) is 17.0. The van der Waals surface area contributed by atoms with Crippen LogP contribution in [-0.2, 0) is 6.54 Å². The van der Waals surface area contributed by atoms with Gasteiger partial charge in [-0.3, -0.25) is 4.79 Å². The zero-order chi connectivity index (χ0) is 19.5. The van der Waals surface area contributed by atoms with Crippen LogP contribution < -0.4 is 10.6 Å². The molecular weight excluding hydrogens is 425 g/mol. The molecule has 0 saturated carbocycles. The molecule has 2 aromatic carbocycles. The van der Waals surface area contributed by atoms with Gasteiger partial charge < -0.3 is 15.1 Å². The van der Waals surface area contributed by atoms with E-state index in [9.17, 15) is 9.18 Å². The first kappa shape index (κ1) is 18.2. The van der Waals surface area contributed by atoms with Crippen LogP contribution in [0, 0.1) is 5.82 Å². The number of hydrogen-bond acceptors (Lipinski definition) is 4. The van der Waals surface area contributed by atoms with Gasteiger partial charge in [-0.15, -0.1) is 0 Å². The molecule has 28 heavy (non-hydrogen) atoms. The van der Waals surface area contributed by atoms with Crippen molar-refractivity contribution in [3.8, 4) is 0 Å². The Morgan fingerprint density at radius 1 is 1.11 bits per heavy atom. The first-order valence-corrected chi connectivity index (χ1v) is 9.31. The predicted octanol–water partition coefficient (Wildman–Crippen LogP) is 5.40. The molecule has 4 rings (SSSR count). The van der Waals surface area contributed by atoms with E-state index in [1.165, 1.54) is 18.4 Å². The Hall–Kier alpha value is -3.19. The Bertz CT molecular complexity index is 1140. The number of rotatable bonds is 5. The Balaban J connectivity index is 1.58. The quantitative estimate of drug-likeness (QED) is 0.436. The number of aromatic nitrogens is 1. The summed E-state index contributed by atoms with van der Waals surface area (Å²) in [7, 11) is 0. The van der Waals surface area contributed by atoms with Crippen molar-refractivity contribution in [2.75, 3.05) is 5.32 Å². The number of amides is 1. The van der Waals surface area contributed by atoms with E-state index < -0.39 is 0 Å². The van der Waals surface area contributed by atoms with Crippen molar-refractivity contribution in [2.24, 2.45) is 0 Å². The summed E-state index contributed by atoms with van der Waals surface area (Å²) in [5.74, 6) is -0.182. The molecule has 0 aliphatic heterocycles. The molecular formula is C21H15BrFN3O2. The molecule has 0 atom stereocenters. The number of carbonyl (C=O) groups excluding carboxylic acids is 1. The second kappa shape index (κ2) is 7.82. The molecule has 2 N–H and O–H groups in total. The second-order valence-corrected chi connectivity index (χ2v) is 7.05. The molecule has 0 bridgehead atoms.